The Hall–Kier alpha value is -2.11. The zero-order chi connectivity index (χ0) is 32.2. The minimum Gasteiger partial charge on any atom is -0.456 e. The number of nitrogens with zero attached hydrogens (tertiary/aromatic N) is 1. The molecule has 1 unspecified atom stereocenters. The summed E-state index contributed by atoms with van der Waals surface area (Å²) in [7, 11) is 5.40. The number of ketones is 1. The molecule has 1 N–H and O–H groups in total. The monoisotopic (exact) mass is 595 g/mol. The van der Waals surface area contributed by atoms with Gasteiger partial charge in [0.2, 0.25) is 0 Å². The fourth-order valence-corrected chi connectivity index (χ4v) is 6.32. The number of ether oxygens (including phenoxy) is 5. The second kappa shape index (κ2) is 14.6. The molecule has 2 rings (SSSR count). The van der Waals surface area contributed by atoms with Crippen molar-refractivity contribution in [2.45, 2.75) is 130 Å². The van der Waals surface area contributed by atoms with Crippen LogP contribution < -0.4 is 0 Å². The Morgan fingerprint density at radius 1 is 1.14 bits per heavy atom. The predicted molar refractivity (Wildman–Crippen MR) is 159 cm³/mol. The zero-order valence-electron chi connectivity index (χ0n) is 27.6. The summed E-state index contributed by atoms with van der Waals surface area (Å²) in [4.78, 5) is 40.9. The number of carbonyl (C=O) groups excluding carboxylic acids is 3. The average molecular weight is 596 g/mol. The first kappa shape index (κ1) is 36.1. The molecule has 0 aromatic heterocycles. The summed E-state index contributed by atoms with van der Waals surface area (Å²) >= 11 is 0. The van der Waals surface area contributed by atoms with Crippen molar-refractivity contribution in [3.63, 3.8) is 0 Å². The van der Waals surface area contributed by atoms with E-state index in [-0.39, 0.29) is 24.3 Å². The van der Waals surface area contributed by atoms with E-state index in [1.54, 1.807) is 27.0 Å². The SMILES string of the molecule is CCC1OC(=O)/C(C)=C/[C@H](C)[C@@H](O[C@@H]2O[C@H](C)C[C@H](N(C)C)[C@H]2OC(C)=O)[C@](C)(OC)C[C@@H](C)C(=O)/C(C)=C/[C@]1(C)O. The molecule has 0 radical (unpaired) electrons. The smallest absolute Gasteiger partial charge is 0.333 e. The van der Waals surface area contributed by atoms with Crippen LogP contribution in [-0.2, 0) is 38.1 Å². The van der Waals surface area contributed by atoms with Gasteiger partial charge >= 0.3 is 11.9 Å². The Bertz CT molecular complexity index is 1040. The lowest BCUT2D eigenvalue weighted by molar-refractivity contribution is -0.297. The molecule has 42 heavy (non-hydrogen) atoms. The maximum atomic E-state index is 13.5. The van der Waals surface area contributed by atoms with Crippen LogP contribution in [0.1, 0.15) is 81.6 Å². The van der Waals surface area contributed by atoms with E-state index < -0.39 is 59.6 Å². The largest absolute Gasteiger partial charge is 0.456 e. The molecule has 0 aromatic rings. The van der Waals surface area contributed by atoms with Crippen molar-refractivity contribution in [2.75, 3.05) is 21.2 Å². The molecule has 2 heterocycles. The van der Waals surface area contributed by atoms with Gasteiger partial charge in [0.05, 0.1) is 23.9 Å². The minimum atomic E-state index is -1.54. The van der Waals surface area contributed by atoms with Crippen LogP contribution in [0.15, 0.2) is 23.3 Å². The molecular formula is C32H53NO9. The Kier molecular flexibility index (Phi) is 12.5. The van der Waals surface area contributed by atoms with Gasteiger partial charge in [-0.15, -0.1) is 0 Å². The lowest BCUT2D eigenvalue weighted by Gasteiger charge is -2.47. The van der Waals surface area contributed by atoms with Crippen LogP contribution >= 0.6 is 0 Å². The van der Waals surface area contributed by atoms with Gasteiger partial charge in [-0.25, -0.2) is 4.79 Å². The normalized spacial score (nSPS) is 41.7. The Labute approximate surface area is 251 Å². The van der Waals surface area contributed by atoms with Gasteiger partial charge in [-0.3, -0.25) is 9.59 Å². The first-order valence-electron chi connectivity index (χ1n) is 14.9. The molecule has 2 aliphatic heterocycles. The summed E-state index contributed by atoms with van der Waals surface area (Å²) in [6.07, 6.45) is 1.07. The lowest BCUT2D eigenvalue weighted by Crippen LogP contribution is -2.59. The summed E-state index contributed by atoms with van der Waals surface area (Å²) in [5, 5.41) is 11.2. The highest BCUT2D eigenvalue weighted by Gasteiger charge is 2.48. The van der Waals surface area contributed by atoms with E-state index in [0.29, 0.717) is 24.0 Å². The van der Waals surface area contributed by atoms with Crippen LogP contribution in [0.2, 0.25) is 0 Å². The molecule has 0 amide bonds. The van der Waals surface area contributed by atoms with E-state index in [4.69, 9.17) is 23.7 Å². The summed E-state index contributed by atoms with van der Waals surface area (Å²) < 4.78 is 30.6. The highest BCUT2D eigenvalue weighted by atomic mass is 16.7. The van der Waals surface area contributed by atoms with Gasteiger partial charge in [0.15, 0.2) is 18.2 Å². The molecule has 10 atom stereocenters. The number of esters is 2. The van der Waals surface area contributed by atoms with Crippen LogP contribution in [0.25, 0.3) is 0 Å². The van der Waals surface area contributed by atoms with Gasteiger partial charge in [0.25, 0.3) is 0 Å². The van der Waals surface area contributed by atoms with Gasteiger partial charge in [-0.05, 0) is 79.6 Å². The molecule has 0 aromatic carbocycles. The number of hydrogen-bond acceptors (Lipinski definition) is 10. The molecular weight excluding hydrogens is 542 g/mol. The Morgan fingerprint density at radius 2 is 1.76 bits per heavy atom. The highest BCUT2D eigenvalue weighted by molar-refractivity contribution is 5.96. The Morgan fingerprint density at radius 3 is 2.29 bits per heavy atom. The molecule has 10 nitrogen and oxygen atoms in total. The van der Waals surface area contributed by atoms with Gasteiger partial charge in [0.1, 0.15) is 11.7 Å². The molecule has 0 bridgehead atoms. The van der Waals surface area contributed by atoms with Crippen LogP contribution in [0.4, 0.5) is 0 Å². The predicted octanol–water partition coefficient (Wildman–Crippen LogP) is 3.98. The van der Waals surface area contributed by atoms with E-state index in [1.807, 2.05) is 53.6 Å². The third kappa shape index (κ3) is 8.72. The number of cyclic esters (lactones) is 1. The highest BCUT2D eigenvalue weighted by Crippen LogP contribution is 2.37. The fraction of sp³-hybridized carbons (Fsp3) is 0.781. The zero-order valence-corrected chi connectivity index (χ0v) is 27.6. The Balaban J connectivity index is 2.66. The lowest BCUT2D eigenvalue weighted by atomic mass is 9.79. The molecule has 2 aliphatic rings. The van der Waals surface area contributed by atoms with Gasteiger partial charge < -0.3 is 33.7 Å². The average Bonchev–Trinajstić information content (AvgIpc) is 2.88. The molecule has 0 aliphatic carbocycles. The number of aliphatic hydroxyl groups is 1. The molecule has 0 saturated carbocycles. The third-order valence-electron chi connectivity index (χ3n) is 8.54. The van der Waals surface area contributed by atoms with E-state index in [0.717, 1.165) is 0 Å². The minimum absolute atomic E-state index is 0.162. The number of hydrogen-bond donors (Lipinski definition) is 1. The molecule has 240 valence electrons. The van der Waals surface area contributed by atoms with Crippen molar-refractivity contribution >= 4 is 17.7 Å². The number of carbonyl (C=O) groups is 3. The van der Waals surface area contributed by atoms with E-state index in [1.165, 1.54) is 19.9 Å². The van der Waals surface area contributed by atoms with Gasteiger partial charge in [-0.2, -0.15) is 0 Å². The van der Waals surface area contributed by atoms with E-state index >= 15 is 0 Å². The number of Topliss-reactive ketones (excluding diaryl/α,β-unsaturated/α-hetero) is 1. The maximum absolute atomic E-state index is 13.5. The summed E-state index contributed by atoms with van der Waals surface area (Å²) in [5.74, 6) is -2.12. The standard InChI is InChI=1S/C32H53NO9/c1-13-25-31(8,37)16-20(4)26(35)21(5)17-32(9,38-12)28(18(2)14-19(3)29(36)41-25)42-30-27(40-23(7)34)24(33(10)11)15-22(6)39-30/h14,16,18,21-22,24-25,27-28,30,37H,13,15,17H2,1-12H3/b19-14+,20-16+/t18-,21+,22+,24-,25?,27+,28+,30-,31-,32+/m0/s1. The van der Waals surface area contributed by atoms with Crippen LogP contribution in [0.3, 0.4) is 0 Å². The van der Waals surface area contributed by atoms with Crippen molar-refractivity contribution in [2.24, 2.45) is 11.8 Å². The third-order valence-corrected chi connectivity index (χ3v) is 8.54. The number of likely N-dealkylation sites (N-methyl/N-ethyl adjacent to an activating group) is 1. The van der Waals surface area contributed by atoms with Crippen LogP contribution in [0, 0.1) is 11.8 Å². The van der Waals surface area contributed by atoms with Gasteiger partial charge in [-0.1, -0.05) is 26.8 Å². The van der Waals surface area contributed by atoms with Crippen molar-refractivity contribution in [1.29, 1.82) is 0 Å². The summed E-state index contributed by atoms with van der Waals surface area (Å²) in [6.45, 7) is 15.5. The quantitative estimate of drug-likeness (QED) is 0.452. The van der Waals surface area contributed by atoms with Crippen molar-refractivity contribution in [3.05, 3.63) is 23.3 Å². The first-order chi connectivity index (χ1) is 19.4. The molecule has 0 spiro atoms. The van der Waals surface area contributed by atoms with E-state index in [2.05, 4.69) is 0 Å². The number of allylic oxidation sites excluding steroid dienone is 1. The topological polar surface area (TPSA) is 121 Å². The first-order valence-corrected chi connectivity index (χ1v) is 14.9. The van der Waals surface area contributed by atoms with Crippen molar-refractivity contribution in [1.82, 2.24) is 4.90 Å². The number of rotatable bonds is 6. The van der Waals surface area contributed by atoms with Gasteiger partial charge in [0, 0.05) is 31.4 Å². The van der Waals surface area contributed by atoms with Crippen molar-refractivity contribution in [3.8, 4) is 0 Å². The fourth-order valence-electron chi connectivity index (χ4n) is 6.32. The van der Waals surface area contributed by atoms with E-state index in [9.17, 15) is 19.5 Å². The summed E-state index contributed by atoms with van der Waals surface area (Å²) in [5.41, 5.74) is -1.87. The second-order valence-electron chi connectivity index (χ2n) is 12.8. The van der Waals surface area contributed by atoms with Crippen molar-refractivity contribution < 1.29 is 43.2 Å². The second-order valence-corrected chi connectivity index (χ2v) is 12.8. The number of methoxy groups -OCH3 is 1. The molecule has 10 heteroatoms. The van der Waals surface area contributed by atoms with Crippen LogP contribution in [-0.4, -0.2) is 96.9 Å². The van der Waals surface area contributed by atoms with Crippen LogP contribution in [0.5, 0.6) is 0 Å². The molecule has 1 fully saturated rings. The maximum Gasteiger partial charge on any atom is 0.333 e. The summed E-state index contributed by atoms with van der Waals surface area (Å²) in [6, 6.07) is -0.162. The molecule has 1 saturated heterocycles.